The maximum atomic E-state index is 5.73. The molecule has 0 radical (unpaired) electrons. The number of nitrogens with one attached hydrogen (secondary N) is 2. The second kappa shape index (κ2) is 14.9. The quantitative estimate of drug-likeness (QED) is 0.217. The second-order valence-corrected chi connectivity index (χ2v) is 7.25. The van der Waals surface area contributed by atoms with Crippen LogP contribution in [0.2, 0.25) is 0 Å². The first-order valence-corrected chi connectivity index (χ1v) is 10.1. The summed E-state index contributed by atoms with van der Waals surface area (Å²) in [5.41, 5.74) is 0. The van der Waals surface area contributed by atoms with Gasteiger partial charge in [-0.3, -0.25) is 4.99 Å². The van der Waals surface area contributed by atoms with E-state index in [1.165, 1.54) is 38.9 Å². The van der Waals surface area contributed by atoms with Crippen molar-refractivity contribution in [3.63, 3.8) is 0 Å². The number of aliphatic imine (C=N–C) groups is 1. The molecule has 0 aromatic rings. The maximum absolute atomic E-state index is 5.73. The lowest BCUT2D eigenvalue weighted by Crippen LogP contribution is -2.40. The van der Waals surface area contributed by atoms with Crippen molar-refractivity contribution in [1.29, 1.82) is 0 Å². The largest absolute Gasteiger partial charge is 0.381 e. The van der Waals surface area contributed by atoms with E-state index in [1.807, 2.05) is 7.05 Å². The van der Waals surface area contributed by atoms with E-state index < -0.39 is 0 Å². The van der Waals surface area contributed by atoms with Crippen molar-refractivity contribution < 1.29 is 9.47 Å². The molecule has 154 valence electrons. The summed E-state index contributed by atoms with van der Waals surface area (Å²) in [5.74, 6) is 2.38. The molecule has 2 aliphatic rings. The van der Waals surface area contributed by atoms with Crippen molar-refractivity contribution in [2.24, 2.45) is 16.8 Å². The van der Waals surface area contributed by atoms with Crippen molar-refractivity contribution >= 4 is 29.9 Å². The third kappa shape index (κ3) is 9.71. The van der Waals surface area contributed by atoms with Crippen LogP contribution in [0.15, 0.2) is 4.99 Å². The minimum atomic E-state index is 0. The van der Waals surface area contributed by atoms with Crippen molar-refractivity contribution in [3.05, 3.63) is 0 Å². The first kappa shape index (κ1) is 23.9. The summed E-state index contributed by atoms with van der Waals surface area (Å²) < 4.78 is 11.1. The molecule has 1 atom stereocenters. The van der Waals surface area contributed by atoms with Crippen LogP contribution in [-0.4, -0.2) is 77.1 Å². The Labute approximate surface area is 176 Å². The Morgan fingerprint density at radius 1 is 1.15 bits per heavy atom. The van der Waals surface area contributed by atoms with Crippen molar-refractivity contribution in [2.45, 2.75) is 39.0 Å². The molecular formula is C19H39IN4O2. The zero-order chi connectivity index (χ0) is 17.7. The van der Waals surface area contributed by atoms with Gasteiger partial charge in [-0.05, 0) is 57.7 Å². The molecule has 2 N–H and O–H groups in total. The van der Waals surface area contributed by atoms with Crippen molar-refractivity contribution in [3.8, 4) is 0 Å². The van der Waals surface area contributed by atoms with Crippen LogP contribution in [0.25, 0.3) is 0 Å². The Kier molecular flexibility index (Phi) is 13.7. The van der Waals surface area contributed by atoms with Crippen LogP contribution in [0, 0.1) is 11.8 Å². The number of hydrogen-bond donors (Lipinski definition) is 2. The molecular weight excluding hydrogens is 443 g/mol. The summed E-state index contributed by atoms with van der Waals surface area (Å²) in [6.07, 6.45) is 6.07. The molecule has 2 heterocycles. The van der Waals surface area contributed by atoms with Gasteiger partial charge >= 0.3 is 0 Å². The second-order valence-electron chi connectivity index (χ2n) is 7.25. The molecule has 0 amide bonds. The van der Waals surface area contributed by atoms with Crippen LogP contribution in [0.3, 0.4) is 0 Å². The Balaban J connectivity index is 0.00000338. The van der Waals surface area contributed by atoms with Gasteiger partial charge in [0.1, 0.15) is 0 Å². The van der Waals surface area contributed by atoms with Gasteiger partial charge in [-0.1, -0.05) is 6.92 Å². The number of guanidine groups is 1. The fourth-order valence-corrected chi connectivity index (χ4v) is 3.55. The summed E-state index contributed by atoms with van der Waals surface area (Å²) in [6, 6.07) is 0. The molecule has 7 heteroatoms. The Morgan fingerprint density at radius 2 is 1.92 bits per heavy atom. The molecule has 2 saturated heterocycles. The van der Waals surface area contributed by atoms with Crippen LogP contribution < -0.4 is 10.6 Å². The van der Waals surface area contributed by atoms with Gasteiger partial charge in [-0.2, -0.15) is 0 Å². The Hall–Kier alpha value is -0.120. The monoisotopic (exact) mass is 482 g/mol. The number of hydrogen-bond acceptors (Lipinski definition) is 4. The molecule has 2 rings (SSSR count). The SMILES string of the molecule is CCN1CCC(CCNC(=NC)NCCCOCC2CCOC2)CC1.I. The Morgan fingerprint density at radius 3 is 2.58 bits per heavy atom. The summed E-state index contributed by atoms with van der Waals surface area (Å²) in [6.45, 7) is 11.3. The molecule has 0 aliphatic carbocycles. The molecule has 0 bridgehead atoms. The van der Waals surface area contributed by atoms with E-state index in [9.17, 15) is 0 Å². The third-order valence-electron chi connectivity index (χ3n) is 5.36. The van der Waals surface area contributed by atoms with E-state index >= 15 is 0 Å². The first-order valence-electron chi connectivity index (χ1n) is 10.1. The number of rotatable bonds is 10. The standard InChI is InChI=1S/C19H38N4O2.HI/c1-3-23-11-6-17(7-12-23)5-10-22-19(20-2)21-9-4-13-24-15-18-8-14-25-16-18;/h17-18H,3-16H2,1-2H3,(H2,20,21,22);1H. The van der Waals surface area contributed by atoms with Gasteiger partial charge < -0.3 is 25.0 Å². The normalized spacial score (nSPS) is 22.2. The van der Waals surface area contributed by atoms with Gasteiger partial charge in [0.05, 0.1) is 13.2 Å². The van der Waals surface area contributed by atoms with Crippen LogP contribution in [0.4, 0.5) is 0 Å². The minimum absolute atomic E-state index is 0. The molecule has 2 aliphatic heterocycles. The predicted octanol–water partition coefficient (Wildman–Crippen LogP) is 2.33. The highest BCUT2D eigenvalue weighted by Crippen LogP contribution is 2.19. The highest BCUT2D eigenvalue weighted by atomic mass is 127. The number of likely N-dealkylation sites (tertiary alicyclic amines) is 1. The van der Waals surface area contributed by atoms with E-state index in [4.69, 9.17) is 9.47 Å². The number of piperidine rings is 1. The minimum Gasteiger partial charge on any atom is -0.381 e. The van der Waals surface area contributed by atoms with Gasteiger partial charge in [0.25, 0.3) is 0 Å². The van der Waals surface area contributed by atoms with Crippen molar-refractivity contribution in [1.82, 2.24) is 15.5 Å². The number of ether oxygens (including phenoxy) is 2. The number of nitrogens with zero attached hydrogens (tertiary/aromatic N) is 2. The van der Waals surface area contributed by atoms with E-state index in [0.29, 0.717) is 5.92 Å². The van der Waals surface area contributed by atoms with Gasteiger partial charge in [0.15, 0.2) is 5.96 Å². The summed E-state index contributed by atoms with van der Waals surface area (Å²) in [5, 5.41) is 6.82. The molecule has 0 aromatic carbocycles. The van der Waals surface area contributed by atoms with Gasteiger partial charge in [0.2, 0.25) is 0 Å². The summed E-state index contributed by atoms with van der Waals surface area (Å²) >= 11 is 0. The average molecular weight is 482 g/mol. The number of halogens is 1. The average Bonchev–Trinajstić information content (AvgIpc) is 3.17. The molecule has 6 nitrogen and oxygen atoms in total. The first-order chi connectivity index (χ1) is 12.3. The summed E-state index contributed by atoms with van der Waals surface area (Å²) in [7, 11) is 1.84. The predicted molar refractivity (Wildman–Crippen MR) is 119 cm³/mol. The molecule has 0 saturated carbocycles. The lowest BCUT2D eigenvalue weighted by molar-refractivity contribution is 0.0888. The molecule has 0 aromatic heterocycles. The topological polar surface area (TPSA) is 58.1 Å². The lowest BCUT2D eigenvalue weighted by Gasteiger charge is -2.31. The van der Waals surface area contributed by atoms with Gasteiger partial charge in [-0.15, -0.1) is 24.0 Å². The summed E-state index contributed by atoms with van der Waals surface area (Å²) in [4.78, 5) is 6.85. The fraction of sp³-hybridized carbons (Fsp3) is 0.947. The highest BCUT2D eigenvalue weighted by Gasteiger charge is 2.17. The van der Waals surface area contributed by atoms with Gasteiger partial charge in [-0.25, -0.2) is 0 Å². The third-order valence-corrected chi connectivity index (χ3v) is 5.36. The fourth-order valence-electron chi connectivity index (χ4n) is 3.55. The zero-order valence-electron chi connectivity index (χ0n) is 16.7. The van der Waals surface area contributed by atoms with Crippen LogP contribution in [-0.2, 0) is 9.47 Å². The van der Waals surface area contributed by atoms with Crippen molar-refractivity contribution in [2.75, 3.05) is 66.2 Å². The van der Waals surface area contributed by atoms with E-state index in [1.54, 1.807) is 0 Å². The smallest absolute Gasteiger partial charge is 0.190 e. The molecule has 1 unspecified atom stereocenters. The van der Waals surface area contributed by atoms with Gasteiger partial charge in [0, 0.05) is 39.3 Å². The molecule has 26 heavy (non-hydrogen) atoms. The highest BCUT2D eigenvalue weighted by molar-refractivity contribution is 14.0. The maximum Gasteiger partial charge on any atom is 0.190 e. The van der Waals surface area contributed by atoms with E-state index in [2.05, 4.69) is 27.4 Å². The van der Waals surface area contributed by atoms with E-state index in [-0.39, 0.29) is 24.0 Å². The van der Waals surface area contributed by atoms with Crippen LogP contribution in [0.5, 0.6) is 0 Å². The zero-order valence-corrected chi connectivity index (χ0v) is 19.0. The lowest BCUT2D eigenvalue weighted by atomic mass is 9.93. The van der Waals surface area contributed by atoms with Crippen LogP contribution >= 0.6 is 24.0 Å². The van der Waals surface area contributed by atoms with Crippen LogP contribution in [0.1, 0.15) is 39.0 Å². The van der Waals surface area contributed by atoms with E-state index in [0.717, 1.165) is 64.2 Å². The molecule has 2 fully saturated rings. The Bertz CT molecular complexity index is 371. The molecule has 0 spiro atoms.